The van der Waals surface area contributed by atoms with E-state index in [2.05, 4.69) is 4.98 Å². The van der Waals surface area contributed by atoms with Gasteiger partial charge in [-0.1, -0.05) is 23.2 Å². The van der Waals surface area contributed by atoms with Crippen LogP contribution in [0, 0.1) is 0 Å². The Morgan fingerprint density at radius 3 is 2.58 bits per heavy atom. The summed E-state index contributed by atoms with van der Waals surface area (Å²) in [6.07, 6.45) is 3.96. The number of pyridine rings is 1. The van der Waals surface area contributed by atoms with Crippen LogP contribution in [0.2, 0.25) is 10.0 Å². The highest BCUT2D eigenvalue weighted by Gasteiger charge is 2.08. The van der Waals surface area contributed by atoms with Gasteiger partial charge in [-0.05, 0) is 42.3 Å². The molecule has 5 heteroatoms. The van der Waals surface area contributed by atoms with Crippen LogP contribution in [0.3, 0.4) is 0 Å². The van der Waals surface area contributed by atoms with Crippen molar-refractivity contribution in [2.24, 2.45) is 5.73 Å². The summed E-state index contributed by atoms with van der Waals surface area (Å²) in [6.45, 7) is 0.417. The van der Waals surface area contributed by atoms with Gasteiger partial charge in [0.25, 0.3) is 0 Å². The second-order valence-electron chi connectivity index (χ2n) is 4.20. The van der Waals surface area contributed by atoms with Gasteiger partial charge in [-0.2, -0.15) is 0 Å². The van der Waals surface area contributed by atoms with E-state index in [1.54, 1.807) is 24.5 Å². The summed E-state index contributed by atoms with van der Waals surface area (Å²) in [6, 6.07) is 8.92. The minimum absolute atomic E-state index is 0.129. The van der Waals surface area contributed by atoms with Gasteiger partial charge in [0.05, 0.1) is 5.02 Å². The van der Waals surface area contributed by atoms with Crippen molar-refractivity contribution >= 4 is 23.2 Å². The van der Waals surface area contributed by atoms with E-state index in [0.717, 1.165) is 11.3 Å². The largest absolute Gasteiger partial charge is 0.492 e. The van der Waals surface area contributed by atoms with E-state index in [-0.39, 0.29) is 6.04 Å². The molecule has 2 N–H and O–H groups in total. The maximum absolute atomic E-state index is 6.03. The molecule has 0 spiro atoms. The minimum atomic E-state index is -0.129. The molecular weight excluding hydrogens is 283 g/mol. The van der Waals surface area contributed by atoms with Crippen molar-refractivity contribution in [3.8, 4) is 5.75 Å². The second kappa shape index (κ2) is 6.75. The molecule has 2 aromatic rings. The Hall–Kier alpha value is -1.29. The summed E-state index contributed by atoms with van der Waals surface area (Å²) in [7, 11) is 0. The molecule has 0 aliphatic heterocycles. The van der Waals surface area contributed by atoms with Gasteiger partial charge < -0.3 is 10.5 Å². The van der Waals surface area contributed by atoms with E-state index in [9.17, 15) is 0 Å². The first-order valence-electron chi connectivity index (χ1n) is 5.87. The van der Waals surface area contributed by atoms with Crippen molar-refractivity contribution in [3.63, 3.8) is 0 Å². The van der Waals surface area contributed by atoms with Gasteiger partial charge in [0.2, 0.25) is 0 Å². The summed E-state index contributed by atoms with van der Waals surface area (Å²) in [5.41, 5.74) is 7.00. The number of halogens is 2. The van der Waals surface area contributed by atoms with Gasteiger partial charge in [0, 0.05) is 23.5 Å². The van der Waals surface area contributed by atoms with E-state index in [4.69, 9.17) is 33.7 Å². The Balaban J connectivity index is 1.86. The molecule has 1 unspecified atom stereocenters. The molecule has 0 fully saturated rings. The molecule has 2 rings (SSSR count). The van der Waals surface area contributed by atoms with Crippen LogP contribution in [0.5, 0.6) is 5.75 Å². The fourth-order valence-corrected chi connectivity index (χ4v) is 1.97. The lowest BCUT2D eigenvalue weighted by atomic mass is 10.1. The Bertz CT molecular complexity index is 531. The van der Waals surface area contributed by atoms with Crippen LogP contribution in [0.1, 0.15) is 5.56 Å². The second-order valence-corrected chi connectivity index (χ2v) is 5.04. The monoisotopic (exact) mass is 296 g/mol. The molecule has 1 aromatic heterocycles. The third-order valence-electron chi connectivity index (χ3n) is 2.62. The average molecular weight is 297 g/mol. The van der Waals surface area contributed by atoms with Gasteiger partial charge in [-0.15, -0.1) is 0 Å². The number of hydrogen-bond acceptors (Lipinski definition) is 3. The van der Waals surface area contributed by atoms with E-state index >= 15 is 0 Å². The van der Waals surface area contributed by atoms with Gasteiger partial charge in [-0.25, -0.2) is 0 Å². The van der Waals surface area contributed by atoms with Crippen LogP contribution in [0.4, 0.5) is 0 Å². The SMILES string of the molecule is NC(COc1ccc(Cl)cc1)Cc1ccncc1Cl. The van der Waals surface area contributed by atoms with Crippen LogP contribution >= 0.6 is 23.2 Å². The summed E-state index contributed by atoms with van der Waals surface area (Å²) < 4.78 is 5.59. The predicted octanol–water partition coefficient (Wildman–Crippen LogP) is 3.34. The fourth-order valence-electron chi connectivity index (χ4n) is 1.65. The molecule has 0 saturated carbocycles. The third-order valence-corrected chi connectivity index (χ3v) is 3.21. The van der Waals surface area contributed by atoms with Gasteiger partial charge >= 0.3 is 0 Å². The zero-order valence-corrected chi connectivity index (χ0v) is 11.7. The lowest BCUT2D eigenvalue weighted by molar-refractivity contribution is 0.287. The number of rotatable bonds is 5. The summed E-state index contributed by atoms with van der Waals surface area (Å²) >= 11 is 11.8. The smallest absolute Gasteiger partial charge is 0.119 e. The quantitative estimate of drug-likeness (QED) is 0.920. The molecule has 0 amide bonds. The van der Waals surface area contributed by atoms with Crippen LogP contribution in [0.15, 0.2) is 42.7 Å². The molecule has 0 saturated heterocycles. The molecular formula is C14H14Cl2N2O. The molecule has 1 atom stereocenters. The topological polar surface area (TPSA) is 48.1 Å². The number of aromatic nitrogens is 1. The maximum atomic E-state index is 6.03. The van der Waals surface area contributed by atoms with Gasteiger partial charge in [0.1, 0.15) is 12.4 Å². The van der Waals surface area contributed by atoms with E-state index in [0.29, 0.717) is 23.1 Å². The molecule has 100 valence electrons. The lowest BCUT2D eigenvalue weighted by Gasteiger charge is -2.14. The number of benzene rings is 1. The summed E-state index contributed by atoms with van der Waals surface area (Å²) in [5.74, 6) is 0.751. The maximum Gasteiger partial charge on any atom is 0.119 e. The molecule has 19 heavy (non-hydrogen) atoms. The van der Waals surface area contributed by atoms with Crippen molar-refractivity contribution in [1.82, 2.24) is 4.98 Å². The zero-order valence-electron chi connectivity index (χ0n) is 10.2. The number of nitrogens with two attached hydrogens (primary N) is 1. The lowest BCUT2D eigenvalue weighted by Crippen LogP contribution is -2.30. The van der Waals surface area contributed by atoms with Crippen LogP contribution in [-0.2, 0) is 6.42 Å². The van der Waals surface area contributed by atoms with Crippen molar-refractivity contribution in [3.05, 3.63) is 58.3 Å². The van der Waals surface area contributed by atoms with Crippen molar-refractivity contribution < 1.29 is 4.74 Å². The number of hydrogen-bond donors (Lipinski definition) is 1. The Labute approximate surface area is 122 Å². The zero-order chi connectivity index (χ0) is 13.7. The Morgan fingerprint density at radius 2 is 1.89 bits per heavy atom. The summed E-state index contributed by atoms with van der Waals surface area (Å²) in [4.78, 5) is 3.94. The molecule has 1 heterocycles. The van der Waals surface area contributed by atoms with Crippen molar-refractivity contribution in [1.29, 1.82) is 0 Å². The molecule has 3 nitrogen and oxygen atoms in total. The van der Waals surface area contributed by atoms with Crippen molar-refractivity contribution in [2.75, 3.05) is 6.61 Å². The number of nitrogens with zero attached hydrogens (tertiary/aromatic N) is 1. The van der Waals surface area contributed by atoms with Gasteiger partial charge in [-0.3, -0.25) is 4.98 Å². The van der Waals surface area contributed by atoms with Crippen LogP contribution in [0.25, 0.3) is 0 Å². The fraction of sp³-hybridized carbons (Fsp3) is 0.214. The molecule has 0 radical (unpaired) electrons. The number of ether oxygens (including phenoxy) is 1. The predicted molar refractivity (Wildman–Crippen MR) is 77.9 cm³/mol. The third kappa shape index (κ3) is 4.39. The molecule has 0 aliphatic carbocycles. The first-order chi connectivity index (χ1) is 9.15. The molecule has 0 aliphatic rings. The van der Waals surface area contributed by atoms with Crippen LogP contribution in [-0.4, -0.2) is 17.6 Å². The standard InChI is InChI=1S/C14H14Cl2N2O/c15-11-1-3-13(4-2-11)19-9-12(17)7-10-5-6-18-8-14(10)16/h1-6,8,12H,7,9,17H2. The van der Waals surface area contributed by atoms with Crippen LogP contribution < -0.4 is 10.5 Å². The van der Waals surface area contributed by atoms with E-state index < -0.39 is 0 Å². The molecule has 0 bridgehead atoms. The normalized spacial score (nSPS) is 12.2. The highest BCUT2D eigenvalue weighted by atomic mass is 35.5. The van der Waals surface area contributed by atoms with E-state index in [1.165, 1.54) is 0 Å². The van der Waals surface area contributed by atoms with Gasteiger partial charge in [0.15, 0.2) is 0 Å². The minimum Gasteiger partial charge on any atom is -0.492 e. The first-order valence-corrected chi connectivity index (χ1v) is 6.63. The van der Waals surface area contributed by atoms with E-state index in [1.807, 2.05) is 18.2 Å². The summed E-state index contributed by atoms with van der Waals surface area (Å²) in [5, 5.41) is 1.31. The van der Waals surface area contributed by atoms with Crippen molar-refractivity contribution in [2.45, 2.75) is 12.5 Å². The highest BCUT2D eigenvalue weighted by Crippen LogP contribution is 2.17. The highest BCUT2D eigenvalue weighted by molar-refractivity contribution is 6.31. The molecule has 1 aromatic carbocycles. The average Bonchev–Trinajstić information content (AvgIpc) is 2.41. The Morgan fingerprint density at radius 1 is 1.16 bits per heavy atom. The Kier molecular flexibility index (Phi) is 5.02. The first kappa shape index (κ1) is 14.1.